The van der Waals surface area contributed by atoms with Crippen LogP contribution >= 0.6 is 0 Å². The molecule has 5 atom stereocenters. The molecule has 25 heavy (non-hydrogen) atoms. The molecule has 2 heterocycles. The lowest BCUT2D eigenvalue weighted by atomic mass is 9.48. The van der Waals surface area contributed by atoms with Crippen molar-refractivity contribution in [2.75, 3.05) is 13.1 Å². The van der Waals surface area contributed by atoms with Crippen LogP contribution in [0.25, 0.3) is 0 Å². The Morgan fingerprint density at radius 3 is 2.84 bits per heavy atom. The minimum Gasteiger partial charge on any atom is -0.504 e. The number of phenolic OH excluding ortho intramolecular Hbond substituents is 1. The van der Waals surface area contributed by atoms with E-state index in [9.17, 15) is 15.3 Å². The minimum atomic E-state index is -0.879. The van der Waals surface area contributed by atoms with Gasteiger partial charge in [0.05, 0.1) is 17.1 Å². The van der Waals surface area contributed by atoms with Crippen molar-refractivity contribution in [1.29, 1.82) is 0 Å². The van der Waals surface area contributed by atoms with Crippen molar-refractivity contribution in [2.45, 2.75) is 67.8 Å². The fourth-order valence-electron chi connectivity index (χ4n) is 6.46. The first-order valence-corrected chi connectivity index (χ1v) is 9.71. The van der Waals surface area contributed by atoms with Gasteiger partial charge < -0.3 is 20.1 Å². The van der Waals surface area contributed by atoms with E-state index in [1.165, 1.54) is 18.4 Å². The molecule has 3 aliphatic carbocycles. The van der Waals surface area contributed by atoms with Gasteiger partial charge in [-0.05, 0) is 62.6 Å². The third-order valence-electron chi connectivity index (χ3n) is 7.73. The Hall–Kier alpha value is -1.30. The third-order valence-corrected chi connectivity index (χ3v) is 7.73. The van der Waals surface area contributed by atoms with Gasteiger partial charge in [-0.15, -0.1) is 0 Å². The zero-order valence-electron chi connectivity index (χ0n) is 14.3. The molecule has 1 saturated heterocycles. The molecule has 1 aromatic rings. The fourth-order valence-corrected chi connectivity index (χ4v) is 6.46. The highest BCUT2D eigenvalue weighted by atomic mass is 16.5. The Kier molecular flexibility index (Phi) is 2.67. The number of piperidine rings is 1. The van der Waals surface area contributed by atoms with E-state index in [-0.39, 0.29) is 11.8 Å². The van der Waals surface area contributed by atoms with Crippen molar-refractivity contribution in [2.24, 2.45) is 5.92 Å². The molecular weight excluding hydrogens is 318 g/mol. The lowest BCUT2D eigenvalue weighted by molar-refractivity contribution is -0.208. The molecule has 2 aliphatic heterocycles. The van der Waals surface area contributed by atoms with Crippen molar-refractivity contribution in [1.82, 2.24) is 4.90 Å². The predicted octanol–water partition coefficient (Wildman–Crippen LogP) is 1.32. The first-order chi connectivity index (χ1) is 12.0. The summed E-state index contributed by atoms with van der Waals surface area (Å²) in [6.45, 7) is 2.02. The first-order valence-electron chi connectivity index (χ1n) is 9.71. The Balaban J connectivity index is 1.57. The van der Waals surface area contributed by atoms with E-state index in [0.29, 0.717) is 18.6 Å². The number of likely N-dealkylation sites (tertiary alicyclic amines) is 1. The highest BCUT2D eigenvalue weighted by Crippen LogP contribution is 2.65. The molecule has 1 spiro atoms. The number of benzene rings is 1. The van der Waals surface area contributed by atoms with Crippen LogP contribution in [0.1, 0.15) is 43.2 Å². The van der Waals surface area contributed by atoms with E-state index in [1.807, 2.05) is 6.07 Å². The van der Waals surface area contributed by atoms with Crippen molar-refractivity contribution < 1.29 is 20.1 Å². The molecular formula is C20H25NO4. The number of nitrogens with zero attached hydrogens (tertiary/aromatic N) is 1. The second-order valence-electron chi connectivity index (χ2n) is 8.90. The summed E-state index contributed by atoms with van der Waals surface area (Å²) in [5.74, 6) is 1.44. The summed E-state index contributed by atoms with van der Waals surface area (Å²) in [7, 11) is 0. The Labute approximate surface area is 147 Å². The third kappa shape index (κ3) is 1.61. The average molecular weight is 343 g/mol. The minimum absolute atomic E-state index is 0.0865. The van der Waals surface area contributed by atoms with Gasteiger partial charge in [-0.25, -0.2) is 0 Å². The maximum atomic E-state index is 12.0. The molecule has 5 heteroatoms. The monoisotopic (exact) mass is 343 g/mol. The van der Waals surface area contributed by atoms with Crippen molar-refractivity contribution in [3.05, 3.63) is 23.3 Å². The predicted molar refractivity (Wildman–Crippen MR) is 90.8 cm³/mol. The van der Waals surface area contributed by atoms with Crippen molar-refractivity contribution in [3.8, 4) is 11.5 Å². The van der Waals surface area contributed by atoms with Gasteiger partial charge in [0.1, 0.15) is 6.10 Å². The number of hydrogen-bond acceptors (Lipinski definition) is 5. The topological polar surface area (TPSA) is 73.2 Å². The van der Waals surface area contributed by atoms with Gasteiger partial charge >= 0.3 is 0 Å². The summed E-state index contributed by atoms with van der Waals surface area (Å²) < 4.78 is 6.14. The van der Waals surface area contributed by atoms with Crippen LogP contribution in [0.5, 0.6) is 11.5 Å². The van der Waals surface area contributed by atoms with E-state index in [1.54, 1.807) is 6.07 Å². The van der Waals surface area contributed by atoms with Crippen molar-refractivity contribution >= 4 is 0 Å². The summed E-state index contributed by atoms with van der Waals surface area (Å²) in [5.41, 5.74) is 0.716. The van der Waals surface area contributed by atoms with Gasteiger partial charge in [-0.1, -0.05) is 6.07 Å². The molecule has 0 amide bonds. The molecule has 2 bridgehead atoms. The average Bonchev–Trinajstić information content (AvgIpc) is 3.32. The van der Waals surface area contributed by atoms with E-state index in [0.717, 1.165) is 37.4 Å². The molecule has 1 aromatic carbocycles. The molecule has 5 nitrogen and oxygen atoms in total. The highest BCUT2D eigenvalue weighted by Gasteiger charge is 2.72. The van der Waals surface area contributed by atoms with Crippen LogP contribution in [-0.4, -0.2) is 57.2 Å². The largest absolute Gasteiger partial charge is 0.504 e. The molecule has 1 unspecified atom stereocenters. The van der Waals surface area contributed by atoms with Gasteiger partial charge in [0.25, 0.3) is 0 Å². The summed E-state index contributed by atoms with van der Waals surface area (Å²) in [6.07, 6.45) is 4.35. The van der Waals surface area contributed by atoms with Gasteiger partial charge in [0.15, 0.2) is 11.5 Å². The number of hydrogen-bond donors (Lipinski definition) is 3. The smallest absolute Gasteiger partial charge is 0.165 e. The maximum Gasteiger partial charge on any atom is 0.165 e. The number of aromatic hydroxyl groups is 1. The standard InChI is InChI=1S/C20H25NO4/c22-13-4-3-12-9-15-20(24)6-5-14(23)18-19(20,16(12)17(13)25-18)7-8-21(15)10-11-1-2-11/h3-4,11,14-15,18,22-24H,1-2,5-10H2/t14-,15-,18?,19+,20-/m1/s1. The van der Waals surface area contributed by atoms with E-state index >= 15 is 0 Å². The highest BCUT2D eigenvalue weighted by molar-refractivity contribution is 5.62. The number of phenols is 1. The molecule has 3 N–H and O–H groups in total. The molecule has 2 saturated carbocycles. The SMILES string of the molecule is Oc1ccc2c3c1OC1[C@H](O)CC[C@@]4(O)[C@@H](C2)N(CC2CC2)CC[C@]314. The normalized spacial score (nSPS) is 44.3. The van der Waals surface area contributed by atoms with Crippen molar-refractivity contribution in [3.63, 3.8) is 0 Å². The zero-order chi connectivity index (χ0) is 17.0. The number of rotatable bonds is 2. The number of ether oxygens (including phenoxy) is 1. The second kappa shape index (κ2) is 4.51. The first kappa shape index (κ1) is 14.8. The Bertz CT molecular complexity index is 762. The maximum absolute atomic E-state index is 12.0. The van der Waals surface area contributed by atoms with Crippen LogP contribution in [0.4, 0.5) is 0 Å². The fraction of sp³-hybridized carbons (Fsp3) is 0.700. The zero-order valence-corrected chi connectivity index (χ0v) is 14.3. The molecule has 134 valence electrons. The summed E-state index contributed by atoms with van der Waals surface area (Å²) in [4.78, 5) is 2.51. The van der Waals surface area contributed by atoms with Crippen LogP contribution in [-0.2, 0) is 11.8 Å². The van der Waals surface area contributed by atoms with Crippen LogP contribution in [0.3, 0.4) is 0 Å². The number of aliphatic hydroxyl groups excluding tert-OH is 1. The molecule has 0 aromatic heterocycles. The second-order valence-corrected chi connectivity index (χ2v) is 8.90. The Morgan fingerprint density at radius 2 is 2.04 bits per heavy atom. The van der Waals surface area contributed by atoms with Gasteiger partial charge in [0, 0.05) is 18.2 Å². The lowest BCUT2D eigenvalue weighted by Gasteiger charge is -2.63. The lowest BCUT2D eigenvalue weighted by Crippen LogP contribution is -2.77. The molecule has 3 fully saturated rings. The van der Waals surface area contributed by atoms with Crippen LogP contribution in [0.15, 0.2) is 12.1 Å². The van der Waals surface area contributed by atoms with E-state index in [2.05, 4.69) is 4.90 Å². The summed E-state index contributed by atoms with van der Waals surface area (Å²) in [6, 6.07) is 3.79. The summed E-state index contributed by atoms with van der Waals surface area (Å²) >= 11 is 0. The Morgan fingerprint density at radius 1 is 1.20 bits per heavy atom. The van der Waals surface area contributed by atoms with E-state index < -0.39 is 23.2 Å². The quantitative estimate of drug-likeness (QED) is 0.755. The van der Waals surface area contributed by atoms with Gasteiger partial charge in [-0.2, -0.15) is 0 Å². The molecule has 0 radical (unpaired) electrons. The van der Waals surface area contributed by atoms with Gasteiger partial charge in [-0.3, -0.25) is 4.90 Å². The number of aliphatic hydroxyl groups is 2. The van der Waals surface area contributed by atoms with Crippen LogP contribution in [0, 0.1) is 5.92 Å². The van der Waals surface area contributed by atoms with Crippen LogP contribution in [0.2, 0.25) is 0 Å². The molecule has 6 rings (SSSR count). The molecule has 5 aliphatic rings. The van der Waals surface area contributed by atoms with E-state index in [4.69, 9.17) is 4.74 Å². The van der Waals surface area contributed by atoms with Gasteiger partial charge in [0.2, 0.25) is 0 Å². The summed E-state index contributed by atoms with van der Waals surface area (Å²) in [5, 5.41) is 33.1. The van der Waals surface area contributed by atoms with Crippen LogP contribution < -0.4 is 4.74 Å².